The molecule has 2 N–H and O–H groups in total. The lowest BCUT2D eigenvalue weighted by atomic mass is 10.2. The van der Waals surface area contributed by atoms with Crippen molar-refractivity contribution in [2.75, 3.05) is 52.3 Å². The molecule has 6 nitrogen and oxygen atoms in total. The third-order valence-corrected chi connectivity index (χ3v) is 2.93. The number of methoxy groups -OCH3 is 1. The van der Waals surface area contributed by atoms with Crippen molar-refractivity contribution < 1.29 is 9.53 Å². The second-order valence-electron chi connectivity index (χ2n) is 4.72. The highest BCUT2D eigenvalue weighted by molar-refractivity contribution is 5.92. The average molecular weight is 280 g/mol. The van der Waals surface area contributed by atoms with Gasteiger partial charge < -0.3 is 20.3 Å². The fourth-order valence-corrected chi connectivity index (χ4v) is 1.82. The van der Waals surface area contributed by atoms with Gasteiger partial charge in [-0.2, -0.15) is 0 Å². The number of carbonyl (C=O) groups excluding carboxylic acids is 1. The van der Waals surface area contributed by atoms with Crippen LogP contribution in [0.4, 0.5) is 5.69 Å². The van der Waals surface area contributed by atoms with E-state index < -0.39 is 0 Å². The number of ether oxygens (including phenoxy) is 1. The zero-order chi connectivity index (χ0) is 15.0. The minimum absolute atomic E-state index is 0.0997. The first-order chi connectivity index (χ1) is 9.60. The summed E-state index contributed by atoms with van der Waals surface area (Å²) in [6.07, 6.45) is 2.55. The smallest absolute Gasteiger partial charge is 0.272 e. The largest absolute Gasteiger partial charge is 0.383 e. The lowest BCUT2D eigenvalue weighted by molar-refractivity contribution is 0.0822. The molecule has 0 aromatic carbocycles. The first kappa shape index (κ1) is 16.4. The lowest BCUT2D eigenvalue weighted by Gasteiger charge is -2.24. The van der Waals surface area contributed by atoms with E-state index >= 15 is 0 Å². The SMILES string of the molecule is COCCN(CCCN)c1ccnc(C(=O)N(C)C)c1. The molecule has 0 aliphatic rings. The standard InChI is InChI=1S/C14H24N4O2/c1-17(2)14(19)13-11-12(5-7-16-13)18(8-4-6-15)9-10-20-3/h5,7,11H,4,6,8-10,15H2,1-3H3. The van der Waals surface area contributed by atoms with Gasteiger partial charge in [-0.05, 0) is 25.1 Å². The molecule has 1 rings (SSSR count). The van der Waals surface area contributed by atoms with Crippen LogP contribution in [0.3, 0.4) is 0 Å². The van der Waals surface area contributed by atoms with Crippen molar-refractivity contribution in [2.24, 2.45) is 5.73 Å². The number of carbonyl (C=O) groups is 1. The molecule has 0 saturated carbocycles. The van der Waals surface area contributed by atoms with Gasteiger partial charge in [-0.3, -0.25) is 9.78 Å². The molecule has 0 fully saturated rings. The number of hydrogen-bond acceptors (Lipinski definition) is 5. The summed E-state index contributed by atoms with van der Waals surface area (Å²) in [5.74, 6) is -0.0997. The van der Waals surface area contributed by atoms with Crippen molar-refractivity contribution in [1.29, 1.82) is 0 Å². The maximum Gasteiger partial charge on any atom is 0.272 e. The van der Waals surface area contributed by atoms with E-state index in [1.54, 1.807) is 27.4 Å². The molecule has 1 amide bonds. The molecule has 0 aliphatic heterocycles. The van der Waals surface area contributed by atoms with E-state index in [4.69, 9.17) is 10.5 Å². The molecule has 20 heavy (non-hydrogen) atoms. The summed E-state index contributed by atoms with van der Waals surface area (Å²) in [5, 5.41) is 0. The molecule has 0 saturated heterocycles. The number of aromatic nitrogens is 1. The Labute approximate surface area is 120 Å². The van der Waals surface area contributed by atoms with Crippen LogP contribution >= 0.6 is 0 Å². The number of amides is 1. The van der Waals surface area contributed by atoms with Crippen LogP contribution in [0, 0.1) is 0 Å². The van der Waals surface area contributed by atoms with Gasteiger partial charge >= 0.3 is 0 Å². The van der Waals surface area contributed by atoms with Crippen LogP contribution in [0.2, 0.25) is 0 Å². The molecule has 6 heteroatoms. The number of anilines is 1. The van der Waals surface area contributed by atoms with E-state index in [1.165, 1.54) is 4.90 Å². The van der Waals surface area contributed by atoms with Crippen molar-refractivity contribution in [3.05, 3.63) is 24.0 Å². The van der Waals surface area contributed by atoms with Gasteiger partial charge in [0.15, 0.2) is 0 Å². The fraction of sp³-hybridized carbons (Fsp3) is 0.571. The van der Waals surface area contributed by atoms with Crippen LogP contribution in [-0.4, -0.2) is 63.2 Å². The van der Waals surface area contributed by atoms with E-state index in [9.17, 15) is 4.79 Å². The van der Waals surface area contributed by atoms with Gasteiger partial charge in [0.2, 0.25) is 0 Å². The van der Waals surface area contributed by atoms with Gasteiger partial charge in [-0.25, -0.2) is 0 Å². The Bertz CT molecular complexity index is 415. The summed E-state index contributed by atoms with van der Waals surface area (Å²) in [7, 11) is 5.11. The van der Waals surface area contributed by atoms with Gasteiger partial charge in [0, 0.05) is 46.2 Å². The van der Waals surface area contributed by atoms with Crippen LogP contribution in [0.15, 0.2) is 18.3 Å². The minimum Gasteiger partial charge on any atom is -0.383 e. The Morgan fingerprint density at radius 2 is 2.15 bits per heavy atom. The van der Waals surface area contributed by atoms with Crippen LogP contribution in [-0.2, 0) is 4.74 Å². The predicted octanol–water partition coefficient (Wildman–Crippen LogP) is 0.585. The van der Waals surface area contributed by atoms with Gasteiger partial charge in [0.1, 0.15) is 5.69 Å². The average Bonchev–Trinajstić information content (AvgIpc) is 2.46. The predicted molar refractivity (Wildman–Crippen MR) is 80.0 cm³/mol. The van der Waals surface area contributed by atoms with Crippen LogP contribution in [0.5, 0.6) is 0 Å². The number of hydrogen-bond donors (Lipinski definition) is 1. The van der Waals surface area contributed by atoms with Crippen molar-refractivity contribution in [3.63, 3.8) is 0 Å². The number of nitrogens with two attached hydrogens (primary N) is 1. The zero-order valence-corrected chi connectivity index (χ0v) is 12.5. The van der Waals surface area contributed by atoms with Crippen LogP contribution in [0.1, 0.15) is 16.9 Å². The highest BCUT2D eigenvalue weighted by Crippen LogP contribution is 2.15. The third kappa shape index (κ3) is 4.79. The Kier molecular flexibility index (Phi) is 6.97. The zero-order valence-electron chi connectivity index (χ0n) is 12.5. The molecular weight excluding hydrogens is 256 g/mol. The summed E-state index contributed by atoms with van der Waals surface area (Å²) >= 11 is 0. The van der Waals surface area contributed by atoms with Crippen molar-refractivity contribution in [3.8, 4) is 0 Å². The second-order valence-corrected chi connectivity index (χ2v) is 4.72. The molecule has 0 bridgehead atoms. The summed E-state index contributed by atoms with van der Waals surface area (Å²) in [5.41, 5.74) is 6.99. The van der Waals surface area contributed by atoms with E-state index in [2.05, 4.69) is 9.88 Å². The number of rotatable bonds is 8. The first-order valence-electron chi connectivity index (χ1n) is 6.71. The van der Waals surface area contributed by atoms with E-state index in [0.29, 0.717) is 18.8 Å². The van der Waals surface area contributed by atoms with Crippen LogP contribution < -0.4 is 10.6 Å². The van der Waals surface area contributed by atoms with Gasteiger partial charge in [0.05, 0.1) is 6.61 Å². The molecule has 1 heterocycles. The van der Waals surface area contributed by atoms with Crippen LogP contribution in [0.25, 0.3) is 0 Å². The summed E-state index contributed by atoms with van der Waals surface area (Å²) < 4.78 is 5.13. The highest BCUT2D eigenvalue weighted by Gasteiger charge is 2.13. The molecule has 112 valence electrons. The molecule has 0 spiro atoms. The van der Waals surface area contributed by atoms with Crippen molar-refractivity contribution >= 4 is 11.6 Å². The molecular formula is C14H24N4O2. The van der Waals surface area contributed by atoms with Crippen molar-refractivity contribution in [2.45, 2.75) is 6.42 Å². The minimum atomic E-state index is -0.0997. The Hall–Kier alpha value is -1.66. The van der Waals surface area contributed by atoms with E-state index in [1.807, 2.05) is 12.1 Å². The maximum absolute atomic E-state index is 11.9. The molecule has 0 atom stereocenters. The molecule has 0 radical (unpaired) electrons. The first-order valence-corrected chi connectivity index (χ1v) is 6.71. The van der Waals surface area contributed by atoms with E-state index in [0.717, 1.165) is 25.2 Å². The quantitative estimate of drug-likeness (QED) is 0.754. The van der Waals surface area contributed by atoms with Crippen molar-refractivity contribution in [1.82, 2.24) is 9.88 Å². The summed E-state index contributed by atoms with van der Waals surface area (Å²) in [6.45, 7) is 2.86. The second kappa shape index (κ2) is 8.50. The molecule has 1 aromatic rings. The Morgan fingerprint density at radius 3 is 2.75 bits per heavy atom. The van der Waals surface area contributed by atoms with Gasteiger partial charge in [0.25, 0.3) is 5.91 Å². The van der Waals surface area contributed by atoms with E-state index in [-0.39, 0.29) is 5.91 Å². The molecule has 0 unspecified atom stereocenters. The maximum atomic E-state index is 11.9. The third-order valence-electron chi connectivity index (χ3n) is 2.93. The molecule has 1 aromatic heterocycles. The topological polar surface area (TPSA) is 71.7 Å². The number of pyridine rings is 1. The monoisotopic (exact) mass is 280 g/mol. The van der Waals surface area contributed by atoms with Gasteiger partial charge in [-0.1, -0.05) is 0 Å². The fourth-order valence-electron chi connectivity index (χ4n) is 1.82. The number of nitrogens with zero attached hydrogens (tertiary/aromatic N) is 3. The highest BCUT2D eigenvalue weighted by atomic mass is 16.5. The summed E-state index contributed by atoms with van der Waals surface area (Å²) in [6, 6.07) is 3.72. The molecule has 0 aliphatic carbocycles. The normalized spacial score (nSPS) is 10.4. The Morgan fingerprint density at radius 1 is 1.40 bits per heavy atom. The van der Waals surface area contributed by atoms with Gasteiger partial charge in [-0.15, -0.1) is 0 Å². The Balaban J connectivity index is 2.89. The summed E-state index contributed by atoms with van der Waals surface area (Å²) in [4.78, 5) is 19.8. The lowest BCUT2D eigenvalue weighted by Crippen LogP contribution is -2.30.